The first-order valence-electron chi connectivity index (χ1n) is 15.1. The molecule has 0 spiro atoms. The van der Waals surface area contributed by atoms with Crippen LogP contribution in [0.15, 0.2) is 60.8 Å². The SMILES string of the molecule is COc1cc2c(cc1OC)[C@@H](Cc1ccc(Oc3ccc(C[C@H]4NCCc5cc(C)c(C)cc54)cc3OC)nc1)NCC2. The Balaban J connectivity index is 1.14. The number of fused-ring (bicyclic) bond motifs is 2. The van der Waals surface area contributed by atoms with Gasteiger partial charge in [-0.1, -0.05) is 24.3 Å². The third-order valence-electron chi connectivity index (χ3n) is 8.84. The number of hydrogen-bond acceptors (Lipinski definition) is 7. The lowest BCUT2D eigenvalue weighted by Crippen LogP contribution is -2.31. The molecule has 2 N–H and O–H groups in total. The fourth-order valence-electron chi connectivity index (χ4n) is 6.36. The Morgan fingerprint density at radius 2 is 1.23 bits per heavy atom. The molecule has 2 aliphatic heterocycles. The molecule has 1 aromatic heterocycles. The van der Waals surface area contributed by atoms with Crippen LogP contribution in [0.25, 0.3) is 0 Å². The van der Waals surface area contributed by atoms with Crippen LogP contribution in [-0.2, 0) is 25.7 Å². The number of methoxy groups -OCH3 is 3. The lowest BCUT2D eigenvalue weighted by Gasteiger charge is -2.28. The van der Waals surface area contributed by atoms with Gasteiger partial charge in [-0.3, -0.25) is 0 Å². The lowest BCUT2D eigenvalue weighted by atomic mass is 9.87. The highest BCUT2D eigenvalue weighted by molar-refractivity contribution is 5.50. The predicted molar refractivity (Wildman–Crippen MR) is 169 cm³/mol. The molecular formula is C36H41N3O4. The van der Waals surface area contributed by atoms with Gasteiger partial charge in [0.25, 0.3) is 0 Å². The van der Waals surface area contributed by atoms with E-state index in [0.717, 1.165) is 55.8 Å². The molecule has 7 heteroatoms. The van der Waals surface area contributed by atoms with Crippen molar-refractivity contribution in [3.8, 4) is 28.9 Å². The summed E-state index contributed by atoms with van der Waals surface area (Å²) in [5, 5.41) is 7.37. The molecule has 224 valence electrons. The van der Waals surface area contributed by atoms with Crippen molar-refractivity contribution in [2.24, 2.45) is 0 Å². The van der Waals surface area contributed by atoms with Crippen LogP contribution in [0.1, 0.15) is 56.6 Å². The molecule has 0 fully saturated rings. The van der Waals surface area contributed by atoms with Gasteiger partial charge in [-0.25, -0.2) is 4.98 Å². The third kappa shape index (κ3) is 6.19. The third-order valence-corrected chi connectivity index (χ3v) is 8.84. The average molecular weight is 580 g/mol. The van der Waals surface area contributed by atoms with E-state index in [1.807, 2.05) is 18.3 Å². The van der Waals surface area contributed by atoms with Gasteiger partial charge in [0, 0.05) is 24.3 Å². The minimum absolute atomic E-state index is 0.170. The van der Waals surface area contributed by atoms with Gasteiger partial charge in [0.05, 0.1) is 21.3 Å². The Kier molecular flexibility index (Phi) is 8.54. The molecule has 7 nitrogen and oxygen atoms in total. The highest BCUT2D eigenvalue weighted by Gasteiger charge is 2.24. The van der Waals surface area contributed by atoms with E-state index in [-0.39, 0.29) is 12.1 Å². The van der Waals surface area contributed by atoms with Crippen molar-refractivity contribution in [2.75, 3.05) is 34.4 Å². The van der Waals surface area contributed by atoms with Crippen LogP contribution >= 0.6 is 0 Å². The van der Waals surface area contributed by atoms with E-state index >= 15 is 0 Å². The topological polar surface area (TPSA) is 73.9 Å². The van der Waals surface area contributed by atoms with Crippen molar-refractivity contribution in [3.05, 3.63) is 105 Å². The van der Waals surface area contributed by atoms with Crippen molar-refractivity contribution in [2.45, 2.75) is 51.6 Å². The van der Waals surface area contributed by atoms with Crippen molar-refractivity contribution < 1.29 is 18.9 Å². The molecule has 0 amide bonds. The Labute approximate surface area is 254 Å². The maximum absolute atomic E-state index is 6.19. The standard InChI is InChI=1S/C36H41N3O4/c1-22-14-26-10-12-37-30(28(26)15-23(22)2)16-24-6-8-32(33(18-24)40-3)43-36-9-7-25(21-39-36)17-31-29-20-35(42-5)34(41-4)19-27(29)11-13-38-31/h6-9,14-15,18-21,30-31,37-38H,10-13,16-17H2,1-5H3/t30-,31-/m1/s1. The van der Waals surface area contributed by atoms with Gasteiger partial charge in [0.2, 0.25) is 5.88 Å². The molecule has 43 heavy (non-hydrogen) atoms. The number of nitrogens with one attached hydrogen (secondary N) is 2. The number of pyridine rings is 1. The minimum Gasteiger partial charge on any atom is -0.493 e. The number of aryl methyl sites for hydroxylation is 2. The van der Waals surface area contributed by atoms with Gasteiger partial charge in [0.15, 0.2) is 23.0 Å². The van der Waals surface area contributed by atoms with Crippen LogP contribution in [0.4, 0.5) is 0 Å². The minimum atomic E-state index is 0.170. The molecule has 0 bridgehead atoms. The Bertz CT molecular complexity index is 1600. The Morgan fingerprint density at radius 1 is 0.651 bits per heavy atom. The maximum Gasteiger partial charge on any atom is 0.219 e. The summed E-state index contributed by atoms with van der Waals surface area (Å²) in [6, 6.07) is 19.5. The fraction of sp³-hybridized carbons (Fsp3) is 0.361. The average Bonchev–Trinajstić information content (AvgIpc) is 3.03. The van der Waals surface area contributed by atoms with Crippen LogP contribution in [0.5, 0.6) is 28.9 Å². The van der Waals surface area contributed by atoms with E-state index < -0.39 is 0 Å². The largest absolute Gasteiger partial charge is 0.493 e. The number of aromatic nitrogens is 1. The summed E-state index contributed by atoms with van der Waals surface area (Å²) in [5.41, 5.74) is 10.4. The molecule has 2 aliphatic rings. The number of rotatable bonds is 9. The monoisotopic (exact) mass is 579 g/mol. The number of ether oxygens (including phenoxy) is 4. The van der Waals surface area contributed by atoms with Gasteiger partial charge in [0.1, 0.15) is 0 Å². The second kappa shape index (κ2) is 12.7. The molecule has 0 aliphatic carbocycles. The quantitative estimate of drug-likeness (QED) is 0.239. The van der Waals surface area contributed by atoms with Crippen molar-refractivity contribution in [3.63, 3.8) is 0 Å². The van der Waals surface area contributed by atoms with Crippen LogP contribution in [0, 0.1) is 13.8 Å². The fourth-order valence-corrected chi connectivity index (χ4v) is 6.36. The van der Waals surface area contributed by atoms with E-state index in [2.05, 4.69) is 71.9 Å². The van der Waals surface area contributed by atoms with Crippen LogP contribution < -0.4 is 29.6 Å². The van der Waals surface area contributed by atoms with Gasteiger partial charge in [-0.15, -0.1) is 0 Å². The molecule has 2 atom stereocenters. The number of benzene rings is 3. The summed E-state index contributed by atoms with van der Waals surface area (Å²) in [6.45, 7) is 6.30. The van der Waals surface area contributed by atoms with Crippen LogP contribution in [0.3, 0.4) is 0 Å². The Morgan fingerprint density at radius 3 is 1.91 bits per heavy atom. The zero-order valence-corrected chi connectivity index (χ0v) is 25.8. The zero-order valence-electron chi connectivity index (χ0n) is 25.8. The summed E-state index contributed by atoms with van der Waals surface area (Å²) in [7, 11) is 5.04. The molecule has 6 rings (SSSR count). The summed E-state index contributed by atoms with van der Waals surface area (Å²) >= 11 is 0. The molecule has 0 radical (unpaired) electrons. The van der Waals surface area contributed by atoms with Gasteiger partial charge in [-0.2, -0.15) is 0 Å². The summed E-state index contributed by atoms with van der Waals surface area (Å²) in [5.74, 6) is 3.41. The molecule has 0 saturated carbocycles. The first kappa shape index (κ1) is 29.0. The van der Waals surface area contributed by atoms with Crippen LogP contribution in [-0.4, -0.2) is 39.4 Å². The normalized spacial score (nSPS) is 17.5. The molecular weight excluding hydrogens is 538 g/mol. The first-order valence-corrected chi connectivity index (χ1v) is 15.1. The van der Waals surface area contributed by atoms with Gasteiger partial charge >= 0.3 is 0 Å². The molecule has 3 heterocycles. The number of nitrogens with zero attached hydrogens (tertiary/aromatic N) is 1. The molecule has 4 aromatic rings. The van der Waals surface area contributed by atoms with E-state index in [4.69, 9.17) is 18.9 Å². The van der Waals surface area contributed by atoms with Gasteiger partial charge in [-0.05, 0) is 121 Å². The van der Waals surface area contributed by atoms with E-state index in [1.165, 1.54) is 38.9 Å². The van der Waals surface area contributed by atoms with E-state index in [1.54, 1.807) is 21.3 Å². The lowest BCUT2D eigenvalue weighted by molar-refractivity contribution is 0.352. The second-order valence-corrected chi connectivity index (χ2v) is 11.6. The highest BCUT2D eigenvalue weighted by Crippen LogP contribution is 2.37. The zero-order chi connectivity index (χ0) is 29.9. The van der Waals surface area contributed by atoms with Gasteiger partial charge < -0.3 is 29.6 Å². The molecule has 3 aromatic carbocycles. The molecule has 0 saturated heterocycles. The van der Waals surface area contributed by atoms with Crippen LogP contribution in [0.2, 0.25) is 0 Å². The maximum atomic E-state index is 6.19. The highest BCUT2D eigenvalue weighted by atomic mass is 16.5. The predicted octanol–water partition coefficient (Wildman–Crippen LogP) is 6.38. The molecule has 0 unspecified atom stereocenters. The van der Waals surface area contributed by atoms with E-state index in [0.29, 0.717) is 17.4 Å². The summed E-state index contributed by atoms with van der Waals surface area (Å²) in [6.07, 6.45) is 5.62. The number of hydrogen-bond donors (Lipinski definition) is 2. The van der Waals surface area contributed by atoms with Crippen molar-refractivity contribution in [1.82, 2.24) is 15.6 Å². The van der Waals surface area contributed by atoms with Crippen molar-refractivity contribution in [1.29, 1.82) is 0 Å². The second-order valence-electron chi connectivity index (χ2n) is 11.6. The summed E-state index contributed by atoms with van der Waals surface area (Å²) in [4.78, 5) is 4.63. The Hall–Kier alpha value is -4.07. The first-order chi connectivity index (χ1) is 20.9. The van der Waals surface area contributed by atoms with E-state index in [9.17, 15) is 0 Å². The summed E-state index contributed by atoms with van der Waals surface area (Å²) < 4.78 is 23.0. The smallest absolute Gasteiger partial charge is 0.219 e. The van der Waals surface area contributed by atoms with Crippen molar-refractivity contribution >= 4 is 0 Å².